The van der Waals surface area contributed by atoms with Gasteiger partial charge in [0.25, 0.3) is 0 Å². The summed E-state index contributed by atoms with van der Waals surface area (Å²) in [5.74, 6) is -0.554. The fraction of sp³-hybridized carbons (Fsp3) is 0.148. The summed E-state index contributed by atoms with van der Waals surface area (Å²) in [4.78, 5) is 5.53. The van der Waals surface area contributed by atoms with Crippen LogP contribution < -0.4 is 0 Å². The average Bonchev–Trinajstić information content (AvgIpc) is 3.13. The monoisotopic (exact) mass is 430 g/mol. The molecule has 5 heteroatoms. The summed E-state index contributed by atoms with van der Waals surface area (Å²) >= 11 is 0. The van der Waals surface area contributed by atoms with Crippen molar-refractivity contribution in [2.75, 3.05) is 0 Å². The summed E-state index contributed by atoms with van der Waals surface area (Å²) in [6.45, 7) is 6.22. The van der Waals surface area contributed by atoms with E-state index in [4.69, 9.17) is 4.84 Å². The molecule has 3 nitrogen and oxygen atoms in total. The van der Waals surface area contributed by atoms with Crippen LogP contribution in [-0.4, -0.2) is 10.3 Å². The predicted molar refractivity (Wildman–Crippen MR) is 124 cm³/mol. The zero-order chi connectivity index (χ0) is 22.7. The van der Waals surface area contributed by atoms with E-state index in [1.165, 1.54) is 24.3 Å². The van der Waals surface area contributed by atoms with Crippen LogP contribution in [0.1, 0.15) is 29.3 Å². The molecule has 0 saturated carbocycles. The van der Waals surface area contributed by atoms with E-state index in [2.05, 4.69) is 28.8 Å². The molecular weight excluding hydrogens is 406 g/mol. The van der Waals surface area contributed by atoms with Gasteiger partial charge in [0.05, 0.1) is 11.4 Å². The molecule has 0 bridgehead atoms. The van der Waals surface area contributed by atoms with Crippen molar-refractivity contribution < 1.29 is 13.6 Å². The number of aromatic nitrogens is 1. The van der Waals surface area contributed by atoms with E-state index in [9.17, 15) is 8.78 Å². The van der Waals surface area contributed by atoms with Crippen LogP contribution >= 0.6 is 0 Å². The maximum Gasteiger partial charge on any atom is 0.142 e. The predicted octanol–water partition coefficient (Wildman–Crippen LogP) is 6.98. The van der Waals surface area contributed by atoms with Crippen LogP contribution in [0, 0.1) is 25.5 Å². The standard InChI is InChI=1S/C27H24F2N2O/c1-18-5-4-6-25(15-18)31-20(3)26(16-27(31)22-9-13-24(29)14-10-22)19(2)30-32-17-21-7-11-23(28)12-8-21/h4-16H,17H2,1-3H3/b30-19+. The lowest BCUT2D eigenvalue weighted by atomic mass is 10.1. The SMILES string of the molecule is C/C(=N\OCc1ccc(F)cc1)c1cc(-c2ccc(F)cc2)n(-c2cccc(C)c2)c1C. The van der Waals surface area contributed by atoms with E-state index < -0.39 is 0 Å². The van der Waals surface area contributed by atoms with Crippen LogP contribution in [0.15, 0.2) is 84.0 Å². The highest BCUT2D eigenvalue weighted by Gasteiger charge is 2.17. The molecule has 3 aromatic carbocycles. The van der Waals surface area contributed by atoms with Crippen molar-refractivity contribution in [2.45, 2.75) is 27.4 Å². The van der Waals surface area contributed by atoms with Gasteiger partial charge in [-0.1, -0.05) is 29.4 Å². The Balaban J connectivity index is 1.71. The normalized spacial score (nSPS) is 11.6. The van der Waals surface area contributed by atoms with Gasteiger partial charge in [-0.2, -0.15) is 0 Å². The highest BCUT2D eigenvalue weighted by atomic mass is 19.1. The van der Waals surface area contributed by atoms with Crippen LogP contribution in [0.3, 0.4) is 0 Å². The van der Waals surface area contributed by atoms with E-state index in [0.717, 1.165) is 45.0 Å². The molecule has 32 heavy (non-hydrogen) atoms. The van der Waals surface area contributed by atoms with Crippen molar-refractivity contribution in [3.05, 3.63) is 113 Å². The molecule has 0 atom stereocenters. The molecule has 1 heterocycles. The van der Waals surface area contributed by atoms with Gasteiger partial charge in [0, 0.05) is 16.9 Å². The molecule has 1 aromatic heterocycles. The lowest BCUT2D eigenvalue weighted by molar-refractivity contribution is 0.130. The van der Waals surface area contributed by atoms with E-state index in [1.807, 2.05) is 32.0 Å². The number of benzene rings is 3. The number of rotatable bonds is 6. The third-order valence-electron chi connectivity index (χ3n) is 5.38. The van der Waals surface area contributed by atoms with Gasteiger partial charge < -0.3 is 9.40 Å². The average molecular weight is 430 g/mol. The van der Waals surface area contributed by atoms with Gasteiger partial charge in [-0.05, 0) is 92.1 Å². The molecular formula is C27H24F2N2O. The molecule has 4 rings (SSSR count). The highest BCUT2D eigenvalue weighted by molar-refractivity contribution is 6.01. The van der Waals surface area contributed by atoms with Crippen LogP contribution in [-0.2, 0) is 11.4 Å². The van der Waals surface area contributed by atoms with Gasteiger partial charge >= 0.3 is 0 Å². The number of hydrogen-bond acceptors (Lipinski definition) is 2. The fourth-order valence-electron chi connectivity index (χ4n) is 3.74. The van der Waals surface area contributed by atoms with Crippen LogP contribution in [0.4, 0.5) is 8.78 Å². The minimum Gasteiger partial charge on any atom is -0.391 e. The first kappa shape index (κ1) is 21.5. The molecule has 0 saturated heterocycles. The molecule has 0 fully saturated rings. The lowest BCUT2D eigenvalue weighted by Crippen LogP contribution is -2.03. The zero-order valence-corrected chi connectivity index (χ0v) is 18.3. The molecule has 0 aliphatic rings. The van der Waals surface area contributed by atoms with Gasteiger partial charge in [-0.25, -0.2) is 8.78 Å². The van der Waals surface area contributed by atoms with Crippen molar-refractivity contribution in [3.63, 3.8) is 0 Å². The molecule has 0 amide bonds. The van der Waals surface area contributed by atoms with Crippen molar-refractivity contribution in [1.29, 1.82) is 0 Å². The van der Waals surface area contributed by atoms with Gasteiger partial charge in [0.2, 0.25) is 0 Å². The number of hydrogen-bond donors (Lipinski definition) is 0. The summed E-state index contributed by atoms with van der Waals surface area (Å²) in [7, 11) is 0. The first-order valence-corrected chi connectivity index (χ1v) is 10.4. The maximum atomic E-state index is 13.5. The largest absolute Gasteiger partial charge is 0.391 e. The van der Waals surface area contributed by atoms with Gasteiger partial charge in [0.1, 0.15) is 18.2 Å². The second-order valence-electron chi connectivity index (χ2n) is 7.79. The van der Waals surface area contributed by atoms with Gasteiger partial charge in [-0.15, -0.1) is 0 Å². The summed E-state index contributed by atoms with van der Waals surface area (Å²) < 4.78 is 28.8. The molecule has 0 unspecified atom stereocenters. The minimum atomic E-state index is -0.283. The first-order chi connectivity index (χ1) is 15.4. The Bertz CT molecular complexity index is 1260. The number of oxime groups is 1. The smallest absolute Gasteiger partial charge is 0.142 e. The van der Waals surface area contributed by atoms with Crippen molar-refractivity contribution in [1.82, 2.24) is 4.57 Å². The lowest BCUT2D eigenvalue weighted by Gasteiger charge is -2.13. The second-order valence-corrected chi connectivity index (χ2v) is 7.79. The molecule has 0 N–H and O–H groups in total. The summed E-state index contributed by atoms with van der Waals surface area (Å²) in [5.41, 5.74) is 7.51. The Morgan fingerprint density at radius 2 is 1.53 bits per heavy atom. The van der Waals surface area contributed by atoms with Gasteiger partial charge in [0.15, 0.2) is 0 Å². The Morgan fingerprint density at radius 3 is 2.19 bits per heavy atom. The van der Waals surface area contributed by atoms with Crippen LogP contribution in [0.5, 0.6) is 0 Å². The van der Waals surface area contributed by atoms with Crippen LogP contribution in [0.25, 0.3) is 16.9 Å². The Labute approximate surface area is 186 Å². The molecule has 0 radical (unpaired) electrons. The first-order valence-electron chi connectivity index (χ1n) is 10.4. The van der Waals surface area contributed by atoms with Crippen molar-refractivity contribution >= 4 is 5.71 Å². The van der Waals surface area contributed by atoms with E-state index in [0.29, 0.717) is 0 Å². The molecule has 4 aromatic rings. The van der Waals surface area contributed by atoms with Crippen molar-refractivity contribution in [3.8, 4) is 16.9 Å². The second kappa shape index (κ2) is 9.18. The molecule has 0 aliphatic heterocycles. The third kappa shape index (κ3) is 4.62. The Hall–Kier alpha value is -3.73. The third-order valence-corrected chi connectivity index (χ3v) is 5.38. The Morgan fingerprint density at radius 1 is 0.875 bits per heavy atom. The van der Waals surface area contributed by atoms with E-state index in [1.54, 1.807) is 24.3 Å². The van der Waals surface area contributed by atoms with Crippen LogP contribution in [0.2, 0.25) is 0 Å². The summed E-state index contributed by atoms with van der Waals surface area (Å²) in [5, 5.41) is 4.30. The zero-order valence-electron chi connectivity index (χ0n) is 18.3. The summed E-state index contributed by atoms with van der Waals surface area (Å²) in [6, 6.07) is 22.9. The number of aryl methyl sites for hydroxylation is 1. The molecule has 0 spiro atoms. The van der Waals surface area contributed by atoms with E-state index in [-0.39, 0.29) is 18.2 Å². The van der Waals surface area contributed by atoms with E-state index >= 15 is 0 Å². The quantitative estimate of drug-likeness (QED) is 0.239. The number of halogens is 2. The summed E-state index contributed by atoms with van der Waals surface area (Å²) in [6.07, 6.45) is 0. The number of nitrogens with zero attached hydrogens (tertiary/aromatic N) is 2. The Kier molecular flexibility index (Phi) is 6.17. The van der Waals surface area contributed by atoms with Crippen molar-refractivity contribution in [2.24, 2.45) is 5.16 Å². The minimum absolute atomic E-state index is 0.250. The van der Waals surface area contributed by atoms with Gasteiger partial charge in [-0.3, -0.25) is 0 Å². The fourth-order valence-corrected chi connectivity index (χ4v) is 3.74. The topological polar surface area (TPSA) is 26.5 Å². The maximum absolute atomic E-state index is 13.5. The molecule has 0 aliphatic carbocycles. The highest BCUT2D eigenvalue weighted by Crippen LogP contribution is 2.30. The molecule has 162 valence electrons.